The van der Waals surface area contributed by atoms with Gasteiger partial charge in [-0.3, -0.25) is 4.79 Å². The van der Waals surface area contributed by atoms with E-state index in [0.29, 0.717) is 32.7 Å². The summed E-state index contributed by atoms with van der Waals surface area (Å²) in [6.07, 6.45) is 0. The number of nitrogens with zero attached hydrogens (tertiary/aromatic N) is 1. The molecule has 0 spiro atoms. The fraction of sp³-hybridized carbons (Fsp3) is 0.250. The lowest BCUT2D eigenvalue weighted by molar-refractivity contribution is 0.101. The van der Waals surface area contributed by atoms with Crippen molar-refractivity contribution in [1.29, 1.82) is 0 Å². The third-order valence-corrected chi connectivity index (χ3v) is 3.60. The number of aryl methyl sites for hydroxylation is 1. The summed E-state index contributed by atoms with van der Waals surface area (Å²) in [5.74, 6) is -0.101. The van der Waals surface area contributed by atoms with Crippen LogP contribution in [0.4, 0.5) is 0 Å². The van der Waals surface area contributed by atoms with E-state index in [9.17, 15) is 4.79 Å². The summed E-state index contributed by atoms with van der Waals surface area (Å²) in [6.45, 7) is 4.08. The Bertz CT molecular complexity index is 616. The van der Waals surface area contributed by atoms with Gasteiger partial charge in [-0.2, -0.15) is 0 Å². The van der Waals surface area contributed by atoms with Crippen LogP contribution in [-0.4, -0.2) is 10.4 Å². The van der Waals surface area contributed by atoms with Crippen LogP contribution in [-0.2, 0) is 6.54 Å². The first-order valence-corrected chi connectivity index (χ1v) is 6.28. The normalized spacial score (nSPS) is 11.1. The molecule has 0 aliphatic carbocycles. The van der Waals surface area contributed by atoms with Crippen LogP contribution in [0, 0.1) is 0 Å². The van der Waals surface area contributed by atoms with Crippen molar-refractivity contribution in [3.8, 4) is 0 Å². The summed E-state index contributed by atoms with van der Waals surface area (Å²) in [7, 11) is 0. The number of fused-ring (bicyclic) bond motifs is 1. The zero-order chi connectivity index (χ0) is 12.7. The molecule has 1 aromatic carbocycles. The molecule has 5 heteroatoms. The molecule has 0 unspecified atom stereocenters. The van der Waals surface area contributed by atoms with E-state index < -0.39 is 0 Å². The van der Waals surface area contributed by atoms with Gasteiger partial charge in [0.05, 0.1) is 16.1 Å². The van der Waals surface area contributed by atoms with Gasteiger partial charge in [0.2, 0.25) is 0 Å². The highest BCUT2D eigenvalue weighted by Crippen LogP contribution is 2.37. The van der Waals surface area contributed by atoms with Gasteiger partial charge in [0.1, 0.15) is 5.15 Å². The largest absolute Gasteiger partial charge is 0.331 e. The van der Waals surface area contributed by atoms with Gasteiger partial charge in [0, 0.05) is 17.0 Å². The Morgan fingerprint density at radius 1 is 1.29 bits per heavy atom. The number of benzene rings is 1. The van der Waals surface area contributed by atoms with Gasteiger partial charge in [-0.1, -0.05) is 34.8 Å². The standard InChI is InChI=1S/C12H10Cl3NO/c1-3-16-9-5-7(13)4-8(14)11(9)10(6(2)17)12(16)15/h4-5H,3H2,1-2H3. The second kappa shape index (κ2) is 4.52. The molecule has 0 saturated heterocycles. The molecule has 0 radical (unpaired) electrons. The van der Waals surface area contributed by atoms with E-state index in [1.54, 1.807) is 12.1 Å². The van der Waals surface area contributed by atoms with Crippen molar-refractivity contribution in [3.63, 3.8) is 0 Å². The molecule has 0 saturated carbocycles. The number of carbonyl (C=O) groups excluding carboxylic acids is 1. The van der Waals surface area contributed by atoms with Crippen LogP contribution in [0.2, 0.25) is 15.2 Å². The lowest BCUT2D eigenvalue weighted by Gasteiger charge is -2.03. The Labute approximate surface area is 114 Å². The molecule has 0 aliphatic heterocycles. The predicted molar refractivity (Wildman–Crippen MR) is 72.6 cm³/mol. The van der Waals surface area contributed by atoms with Crippen molar-refractivity contribution in [2.75, 3.05) is 0 Å². The van der Waals surface area contributed by atoms with E-state index in [2.05, 4.69) is 0 Å². The number of Topliss-reactive ketones (excluding diaryl/α,β-unsaturated/α-hetero) is 1. The Hall–Kier alpha value is -0.700. The number of rotatable bonds is 2. The van der Waals surface area contributed by atoms with Gasteiger partial charge < -0.3 is 4.57 Å². The lowest BCUT2D eigenvalue weighted by atomic mass is 10.1. The van der Waals surface area contributed by atoms with Crippen molar-refractivity contribution in [3.05, 3.63) is 32.9 Å². The van der Waals surface area contributed by atoms with E-state index in [4.69, 9.17) is 34.8 Å². The van der Waals surface area contributed by atoms with Crippen molar-refractivity contribution >= 4 is 51.5 Å². The van der Waals surface area contributed by atoms with Gasteiger partial charge in [0.25, 0.3) is 0 Å². The molecule has 2 rings (SSSR count). The second-order valence-corrected chi connectivity index (χ2v) is 4.95. The van der Waals surface area contributed by atoms with E-state index in [-0.39, 0.29) is 5.78 Å². The molecule has 0 amide bonds. The lowest BCUT2D eigenvalue weighted by Crippen LogP contribution is -1.95. The van der Waals surface area contributed by atoms with Crippen molar-refractivity contribution < 1.29 is 4.79 Å². The van der Waals surface area contributed by atoms with E-state index in [0.717, 1.165) is 5.52 Å². The first kappa shape index (κ1) is 12.7. The third kappa shape index (κ3) is 1.95. The number of halogens is 3. The molecule has 0 N–H and O–H groups in total. The summed E-state index contributed by atoms with van der Waals surface area (Å²) >= 11 is 18.3. The average molecular weight is 291 g/mol. The van der Waals surface area contributed by atoms with Crippen LogP contribution in [0.15, 0.2) is 12.1 Å². The van der Waals surface area contributed by atoms with Gasteiger partial charge >= 0.3 is 0 Å². The van der Waals surface area contributed by atoms with Crippen LogP contribution >= 0.6 is 34.8 Å². The molecule has 2 aromatic rings. The highest BCUT2D eigenvalue weighted by Gasteiger charge is 2.20. The van der Waals surface area contributed by atoms with E-state index >= 15 is 0 Å². The number of carbonyl (C=O) groups is 1. The number of hydrogen-bond donors (Lipinski definition) is 0. The van der Waals surface area contributed by atoms with Gasteiger partial charge in [-0.25, -0.2) is 0 Å². The van der Waals surface area contributed by atoms with Crippen molar-refractivity contribution in [2.24, 2.45) is 0 Å². The number of hydrogen-bond acceptors (Lipinski definition) is 1. The van der Waals surface area contributed by atoms with E-state index in [1.165, 1.54) is 6.92 Å². The van der Waals surface area contributed by atoms with Gasteiger partial charge in [0.15, 0.2) is 5.78 Å². The molecule has 2 nitrogen and oxygen atoms in total. The minimum Gasteiger partial charge on any atom is -0.331 e. The minimum atomic E-state index is -0.101. The van der Waals surface area contributed by atoms with Gasteiger partial charge in [-0.15, -0.1) is 0 Å². The molecular formula is C12H10Cl3NO. The van der Waals surface area contributed by atoms with Crippen LogP contribution in [0.1, 0.15) is 24.2 Å². The van der Waals surface area contributed by atoms with Crippen molar-refractivity contribution in [1.82, 2.24) is 4.57 Å². The SMILES string of the molecule is CCn1c(Cl)c(C(C)=O)c2c(Cl)cc(Cl)cc21. The van der Waals surface area contributed by atoms with Crippen molar-refractivity contribution in [2.45, 2.75) is 20.4 Å². The molecule has 1 aromatic heterocycles. The molecule has 17 heavy (non-hydrogen) atoms. The monoisotopic (exact) mass is 289 g/mol. The number of aromatic nitrogens is 1. The summed E-state index contributed by atoms with van der Waals surface area (Å²) < 4.78 is 1.82. The smallest absolute Gasteiger partial charge is 0.163 e. The first-order chi connectivity index (χ1) is 7.97. The van der Waals surface area contributed by atoms with Crippen LogP contribution in [0.5, 0.6) is 0 Å². The number of ketones is 1. The maximum Gasteiger partial charge on any atom is 0.163 e. The Morgan fingerprint density at radius 3 is 2.47 bits per heavy atom. The Balaban J connectivity index is 3.00. The highest BCUT2D eigenvalue weighted by atomic mass is 35.5. The minimum absolute atomic E-state index is 0.101. The van der Waals surface area contributed by atoms with Gasteiger partial charge in [-0.05, 0) is 26.0 Å². The maximum atomic E-state index is 11.7. The Kier molecular flexibility index (Phi) is 3.39. The molecule has 0 fully saturated rings. The maximum absolute atomic E-state index is 11.7. The molecule has 0 atom stereocenters. The first-order valence-electron chi connectivity index (χ1n) is 5.15. The molecular weight excluding hydrogens is 280 g/mol. The quantitative estimate of drug-likeness (QED) is 0.727. The fourth-order valence-electron chi connectivity index (χ4n) is 1.99. The molecule has 0 aliphatic rings. The summed E-state index contributed by atoms with van der Waals surface area (Å²) in [5.41, 5.74) is 1.25. The van der Waals surface area contributed by atoms with Crippen LogP contribution < -0.4 is 0 Å². The zero-order valence-corrected chi connectivity index (χ0v) is 11.6. The predicted octanol–water partition coefficient (Wildman–Crippen LogP) is 4.82. The fourth-order valence-corrected chi connectivity index (χ4v) is 3.01. The third-order valence-electron chi connectivity index (χ3n) is 2.69. The second-order valence-electron chi connectivity index (χ2n) is 3.75. The molecule has 1 heterocycles. The highest BCUT2D eigenvalue weighted by molar-refractivity contribution is 6.42. The summed E-state index contributed by atoms with van der Waals surface area (Å²) in [5, 5.41) is 2.07. The molecule has 0 bridgehead atoms. The average Bonchev–Trinajstić information content (AvgIpc) is 2.50. The van der Waals surface area contributed by atoms with E-state index in [1.807, 2.05) is 11.5 Å². The zero-order valence-electron chi connectivity index (χ0n) is 9.35. The topological polar surface area (TPSA) is 22.0 Å². The Morgan fingerprint density at radius 2 is 1.94 bits per heavy atom. The molecule has 90 valence electrons. The van der Waals surface area contributed by atoms with Crippen LogP contribution in [0.3, 0.4) is 0 Å². The van der Waals surface area contributed by atoms with Crippen LogP contribution in [0.25, 0.3) is 10.9 Å². The summed E-state index contributed by atoms with van der Waals surface area (Å²) in [4.78, 5) is 11.7. The summed E-state index contributed by atoms with van der Waals surface area (Å²) in [6, 6.07) is 3.39.